The molecule has 0 N–H and O–H groups in total. The fourth-order valence-corrected chi connectivity index (χ4v) is 4.09. The Kier molecular flexibility index (Phi) is 5.24. The summed E-state index contributed by atoms with van der Waals surface area (Å²) < 4.78 is 9.19. The molecule has 0 aliphatic heterocycles. The molecule has 158 valence electrons. The predicted octanol–water partition coefficient (Wildman–Crippen LogP) is 4.91. The van der Waals surface area contributed by atoms with Gasteiger partial charge in [0.15, 0.2) is 11.3 Å². The summed E-state index contributed by atoms with van der Waals surface area (Å²) in [5.74, 6) is 0.774. The van der Waals surface area contributed by atoms with E-state index in [1.165, 1.54) is 19.3 Å². The normalized spacial score (nSPS) is 11.8. The van der Waals surface area contributed by atoms with Crippen LogP contribution >= 0.6 is 0 Å². The van der Waals surface area contributed by atoms with E-state index in [0.717, 1.165) is 29.6 Å². The van der Waals surface area contributed by atoms with E-state index in [1.54, 1.807) is 17.2 Å². The monoisotopic (exact) mass is 415 g/mol. The Morgan fingerprint density at radius 1 is 0.935 bits per heavy atom. The van der Waals surface area contributed by atoms with Crippen LogP contribution in [0.4, 0.5) is 0 Å². The van der Waals surface area contributed by atoms with Crippen molar-refractivity contribution in [2.75, 3.05) is 0 Å². The number of hydrogen-bond donors (Lipinski definition) is 0. The molecule has 4 aromatic heterocycles. The maximum atomic E-state index is 13.4. The zero-order valence-corrected chi connectivity index (χ0v) is 17.6. The summed E-state index contributed by atoms with van der Waals surface area (Å²) in [6.45, 7) is 3.30. The predicted molar refractivity (Wildman–Crippen MR) is 121 cm³/mol. The van der Waals surface area contributed by atoms with Crippen molar-refractivity contribution < 1.29 is 4.42 Å². The Labute approximate surface area is 179 Å². The van der Waals surface area contributed by atoms with Crippen molar-refractivity contribution in [3.05, 3.63) is 65.1 Å². The van der Waals surface area contributed by atoms with Gasteiger partial charge in [-0.25, -0.2) is 15.0 Å². The lowest BCUT2D eigenvalue weighted by Gasteiger charge is -2.06. The molecular formula is C24H25N5O2. The third-order valence-corrected chi connectivity index (χ3v) is 5.71. The molecule has 0 saturated carbocycles. The second-order valence-electron chi connectivity index (χ2n) is 7.91. The van der Waals surface area contributed by atoms with Crippen molar-refractivity contribution in [3.63, 3.8) is 0 Å². The lowest BCUT2D eigenvalue weighted by molar-refractivity contribution is 0.498. The van der Waals surface area contributed by atoms with Gasteiger partial charge in [0.05, 0.1) is 30.2 Å². The van der Waals surface area contributed by atoms with Crippen LogP contribution in [-0.4, -0.2) is 24.1 Å². The molecule has 0 bridgehead atoms. The van der Waals surface area contributed by atoms with Crippen molar-refractivity contribution >= 4 is 33.2 Å². The number of nitrogens with zero attached hydrogens (tertiary/aromatic N) is 5. The smallest absolute Gasteiger partial charge is 0.265 e. The molecule has 0 fully saturated rings. The quantitative estimate of drug-likeness (QED) is 0.337. The van der Waals surface area contributed by atoms with Gasteiger partial charge >= 0.3 is 0 Å². The van der Waals surface area contributed by atoms with Crippen LogP contribution in [-0.2, 0) is 13.1 Å². The fourth-order valence-electron chi connectivity index (χ4n) is 4.09. The van der Waals surface area contributed by atoms with Crippen LogP contribution in [0.1, 0.15) is 44.8 Å². The van der Waals surface area contributed by atoms with Gasteiger partial charge in [0, 0.05) is 6.54 Å². The topological polar surface area (TPSA) is 78.7 Å². The molecule has 4 heterocycles. The summed E-state index contributed by atoms with van der Waals surface area (Å²) >= 11 is 0. The zero-order valence-electron chi connectivity index (χ0n) is 17.6. The Morgan fingerprint density at radius 2 is 1.74 bits per heavy atom. The average molecular weight is 415 g/mol. The molecule has 7 heteroatoms. The SMILES string of the molecule is CCCCCCCn1cnc2c(c1=O)c1nc3ccccc3nc1n2Cc1ccco1. The van der Waals surface area contributed by atoms with E-state index in [2.05, 4.69) is 11.9 Å². The third-order valence-electron chi connectivity index (χ3n) is 5.71. The molecule has 1 aromatic carbocycles. The average Bonchev–Trinajstić information content (AvgIpc) is 3.41. The first-order chi connectivity index (χ1) is 15.3. The third kappa shape index (κ3) is 3.60. The molecule has 0 saturated heterocycles. The van der Waals surface area contributed by atoms with Crippen molar-refractivity contribution in [1.29, 1.82) is 0 Å². The number of benzene rings is 1. The van der Waals surface area contributed by atoms with Gasteiger partial charge in [0.1, 0.15) is 16.7 Å². The van der Waals surface area contributed by atoms with E-state index in [9.17, 15) is 4.79 Å². The highest BCUT2D eigenvalue weighted by Gasteiger charge is 2.20. The minimum atomic E-state index is -0.0618. The maximum absolute atomic E-state index is 13.4. The van der Waals surface area contributed by atoms with Crippen molar-refractivity contribution in [2.24, 2.45) is 0 Å². The molecular weight excluding hydrogens is 390 g/mol. The highest BCUT2D eigenvalue weighted by Crippen LogP contribution is 2.26. The summed E-state index contributed by atoms with van der Waals surface area (Å²) in [6.07, 6.45) is 9.01. The molecule has 31 heavy (non-hydrogen) atoms. The molecule has 0 aliphatic rings. The van der Waals surface area contributed by atoms with Gasteiger partial charge in [-0.1, -0.05) is 44.7 Å². The first-order valence-electron chi connectivity index (χ1n) is 10.9. The van der Waals surface area contributed by atoms with Crippen LogP contribution in [0.2, 0.25) is 0 Å². The zero-order chi connectivity index (χ0) is 21.2. The van der Waals surface area contributed by atoms with Crippen LogP contribution in [0.5, 0.6) is 0 Å². The summed E-state index contributed by atoms with van der Waals surface area (Å²) in [5.41, 5.74) is 3.33. The Morgan fingerprint density at radius 3 is 2.52 bits per heavy atom. The van der Waals surface area contributed by atoms with Crippen molar-refractivity contribution in [3.8, 4) is 0 Å². The molecule has 5 rings (SSSR count). The van der Waals surface area contributed by atoms with Gasteiger partial charge in [0.2, 0.25) is 0 Å². The number of unbranched alkanes of at least 4 members (excludes halogenated alkanes) is 4. The molecule has 0 aliphatic carbocycles. The van der Waals surface area contributed by atoms with Gasteiger partial charge in [-0.3, -0.25) is 9.36 Å². The van der Waals surface area contributed by atoms with Gasteiger partial charge < -0.3 is 8.98 Å². The molecule has 0 spiro atoms. The summed E-state index contributed by atoms with van der Waals surface area (Å²) in [5, 5.41) is 0.524. The van der Waals surface area contributed by atoms with E-state index in [0.29, 0.717) is 35.3 Å². The minimum absolute atomic E-state index is 0.0618. The Hall–Kier alpha value is -3.48. The number of aryl methyl sites for hydroxylation is 1. The van der Waals surface area contributed by atoms with Gasteiger partial charge in [-0.15, -0.1) is 0 Å². The van der Waals surface area contributed by atoms with E-state index in [1.807, 2.05) is 41.0 Å². The van der Waals surface area contributed by atoms with E-state index < -0.39 is 0 Å². The second-order valence-corrected chi connectivity index (χ2v) is 7.91. The number of hydrogen-bond acceptors (Lipinski definition) is 5. The highest BCUT2D eigenvalue weighted by atomic mass is 16.3. The number of aromatic nitrogens is 5. The lowest BCUT2D eigenvalue weighted by atomic mass is 10.1. The summed E-state index contributed by atoms with van der Waals surface area (Å²) in [7, 11) is 0. The number of para-hydroxylation sites is 2. The van der Waals surface area contributed by atoms with Gasteiger partial charge in [-0.05, 0) is 30.7 Å². The second kappa shape index (κ2) is 8.34. The Bertz CT molecular complexity index is 1400. The van der Waals surface area contributed by atoms with E-state index >= 15 is 0 Å². The standard InChI is InChI=1S/C24H25N5O2/c1-2-3-4-5-8-13-28-16-25-22-20(24(28)30)21-23(29(22)15-17-10-9-14-31-17)27-19-12-7-6-11-18(19)26-21/h6-7,9-12,14,16H,2-5,8,13,15H2,1H3. The van der Waals surface area contributed by atoms with Gasteiger partial charge in [0.25, 0.3) is 5.56 Å². The number of rotatable bonds is 8. The Balaban J connectivity index is 1.66. The van der Waals surface area contributed by atoms with E-state index in [4.69, 9.17) is 14.4 Å². The molecule has 5 aromatic rings. The molecule has 7 nitrogen and oxygen atoms in total. The molecule has 0 atom stereocenters. The van der Waals surface area contributed by atoms with Gasteiger partial charge in [-0.2, -0.15) is 0 Å². The van der Waals surface area contributed by atoms with Crippen LogP contribution in [0.25, 0.3) is 33.2 Å². The minimum Gasteiger partial charge on any atom is -0.467 e. The van der Waals surface area contributed by atoms with Crippen LogP contribution in [0.15, 0.2) is 58.2 Å². The maximum Gasteiger partial charge on any atom is 0.265 e. The van der Waals surface area contributed by atoms with E-state index in [-0.39, 0.29) is 5.56 Å². The van der Waals surface area contributed by atoms with Crippen LogP contribution < -0.4 is 5.56 Å². The summed E-state index contributed by atoms with van der Waals surface area (Å²) in [4.78, 5) is 27.7. The molecule has 0 amide bonds. The molecule has 0 radical (unpaired) electrons. The van der Waals surface area contributed by atoms with Crippen LogP contribution in [0.3, 0.4) is 0 Å². The largest absolute Gasteiger partial charge is 0.467 e. The number of fused-ring (bicyclic) bond motifs is 4. The van der Waals surface area contributed by atoms with Crippen molar-refractivity contribution in [1.82, 2.24) is 24.1 Å². The fraction of sp³-hybridized carbons (Fsp3) is 0.333. The first kappa shape index (κ1) is 19.5. The number of furan rings is 1. The first-order valence-corrected chi connectivity index (χ1v) is 10.9. The molecule has 0 unspecified atom stereocenters. The van der Waals surface area contributed by atoms with Crippen LogP contribution in [0, 0.1) is 0 Å². The highest BCUT2D eigenvalue weighted by molar-refractivity contribution is 6.04. The lowest BCUT2D eigenvalue weighted by Crippen LogP contribution is -2.21. The van der Waals surface area contributed by atoms with Crippen molar-refractivity contribution in [2.45, 2.75) is 52.1 Å². The summed E-state index contributed by atoms with van der Waals surface area (Å²) in [6, 6.07) is 11.5.